The van der Waals surface area contributed by atoms with Gasteiger partial charge in [0.05, 0.1) is 10.5 Å². The number of aromatic carboxylic acids is 1. The zero-order valence-corrected chi connectivity index (χ0v) is 10.0. The van der Waals surface area contributed by atoms with E-state index < -0.39 is 22.4 Å². The Bertz CT molecular complexity index is 671. The Morgan fingerprint density at radius 3 is 2.40 bits per heavy atom. The highest BCUT2D eigenvalue weighted by Gasteiger charge is 2.19. The van der Waals surface area contributed by atoms with Gasteiger partial charge in [0.1, 0.15) is 5.69 Å². The number of nitrogens with one attached hydrogen (secondary N) is 1. The third-order valence-electron chi connectivity index (χ3n) is 2.58. The van der Waals surface area contributed by atoms with E-state index in [9.17, 15) is 19.3 Å². The first-order valence-electron chi connectivity index (χ1n) is 5.52. The van der Waals surface area contributed by atoms with Gasteiger partial charge in [0.2, 0.25) is 5.82 Å². The van der Waals surface area contributed by atoms with Crippen LogP contribution in [0.1, 0.15) is 10.4 Å². The van der Waals surface area contributed by atoms with Crippen molar-refractivity contribution >= 4 is 23.0 Å². The zero-order valence-electron chi connectivity index (χ0n) is 10.0. The third-order valence-corrected chi connectivity index (χ3v) is 2.58. The second kappa shape index (κ2) is 5.35. The summed E-state index contributed by atoms with van der Waals surface area (Å²) in [5, 5.41) is 22.3. The molecule has 0 atom stereocenters. The normalized spacial score (nSPS) is 10.1. The number of carboxylic acid groups (broad SMARTS) is 1. The van der Waals surface area contributed by atoms with E-state index in [0.717, 1.165) is 6.07 Å². The van der Waals surface area contributed by atoms with Crippen molar-refractivity contribution in [3.05, 3.63) is 64.0 Å². The standard InChI is InChI=1S/C13H9FN2O4/c14-10-2-1-3-11(12(10)16(19)20)15-9-6-4-8(5-7-9)13(17)18/h1-7,15H,(H,17,18). The van der Waals surface area contributed by atoms with Gasteiger partial charge in [-0.25, -0.2) is 4.79 Å². The number of carbonyl (C=O) groups is 1. The molecule has 0 bridgehead atoms. The average Bonchev–Trinajstić information content (AvgIpc) is 2.39. The van der Waals surface area contributed by atoms with Gasteiger partial charge in [0, 0.05) is 5.69 Å². The lowest BCUT2D eigenvalue weighted by atomic mass is 10.2. The summed E-state index contributed by atoms with van der Waals surface area (Å²) in [4.78, 5) is 20.7. The molecule has 0 spiro atoms. The van der Waals surface area contributed by atoms with Gasteiger partial charge in [0.25, 0.3) is 0 Å². The third kappa shape index (κ3) is 2.72. The number of carboxylic acids is 1. The number of hydrogen-bond acceptors (Lipinski definition) is 4. The van der Waals surface area contributed by atoms with Gasteiger partial charge >= 0.3 is 11.7 Å². The van der Waals surface area contributed by atoms with Crippen LogP contribution >= 0.6 is 0 Å². The molecular formula is C13H9FN2O4. The van der Waals surface area contributed by atoms with Crippen molar-refractivity contribution in [3.63, 3.8) is 0 Å². The average molecular weight is 276 g/mol. The van der Waals surface area contributed by atoms with E-state index >= 15 is 0 Å². The van der Waals surface area contributed by atoms with E-state index in [-0.39, 0.29) is 11.3 Å². The molecule has 0 heterocycles. The van der Waals surface area contributed by atoms with Crippen molar-refractivity contribution in [2.75, 3.05) is 5.32 Å². The van der Waals surface area contributed by atoms with Gasteiger partial charge in [0.15, 0.2) is 0 Å². The fourth-order valence-electron chi connectivity index (χ4n) is 1.65. The van der Waals surface area contributed by atoms with E-state index in [0.29, 0.717) is 5.69 Å². The van der Waals surface area contributed by atoms with Crippen LogP contribution in [0, 0.1) is 15.9 Å². The number of nitro benzene ring substituents is 1. The van der Waals surface area contributed by atoms with Crippen LogP contribution < -0.4 is 5.32 Å². The molecule has 20 heavy (non-hydrogen) atoms. The lowest BCUT2D eigenvalue weighted by molar-refractivity contribution is -0.386. The zero-order chi connectivity index (χ0) is 14.7. The summed E-state index contributed by atoms with van der Waals surface area (Å²) in [6.45, 7) is 0. The van der Waals surface area contributed by atoms with Crippen LogP contribution in [-0.2, 0) is 0 Å². The molecule has 0 saturated carbocycles. The molecule has 0 radical (unpaired) electrons. The number of benzene rings is 2. The summed E-state index contributed by atoms with van der Waals surface area (Å²) in [5.41, 5.74) is -0.152. The van der Waals surface area contributed by atoms with Gasteiger partial charge in [-0.3, -0.25) is 10.1 Å². The van der Waals surface area contributed by atoms with Crippen LogP contribution in [0.25, 0.3) is 0 Å². The topological polar surface area (TPSA) is 92.5 Å². The predicted molar refractivity (Wildman–Crippen MR) is 69.7 cm³/mol. The molecule has 2 rings (SSSR count). The Morgan fingerprint density at radius 1 is 1.20 bits per heavy atom. The Balaban J connectivity index is 2.33. The number of nitrogens with zero attached hydrogens (tertiary/aromatic N) is 1. The minimum Gasteiger partial charge on any atom is -0.478 e. The molecule has 0 saturated heterocycles. The second-order valence-corrected chi connectivity index (χ2v) is 3.90. The Hall–Kier alpha value is -2.96. The number of rotatable bonds is 4. The largest absolute Gasteiger partial charge is 0.478 e. The minimum atomic E-state index is -1.08. The molecule has 0 aliphatic rings. The number of hydrogen-bond donors (Lipinski definition) is 2. The fraction of sp³-hybridized carbons (Fsp3) is 0. The maximum atomic E-state index is 13.4. The van der Waals surface area contributed by atoms with Crippen LogP contribution in [0.15, 0.2) is 42.5 Å². The van der Waals surface area contributed by atoms with E-state index in [1.54, 1.807) is 0 Å². The molecule has 0 aromatic heterocycles. The minimum absolute atomic E-state index is 0.00178. The number of anilines is 2. The van der Waals surface area contributed by atoms with Crippen LogP contribution in [0.4, 0.5) is 21.5 Å². The van der Waals surface area contributed by atoms with Crippen molar-refractivity contribution < 1.29 is 19.2 Å². The molecule has 0 aliphatic carbocycles. The van der Waals surface area contributed by atoms with Crippen LogP contribution in [0.3, 0.4) is 0 Å². The summed E-state index contributed by atoms with van der Waals surface area (Å²) >= 11 is 0. The van der Waals surface area contributed by atoms with Gasteiger partial charge in [-0.15, -0.1) is 0 Å². The summed E-state index contributed by atoms with van der Waals surface area (Å²) < 4.78 is 13.4. The van der Waals surface area contributed by atoms with Crippen LogP contribution in [0.5, 0.6) is 0 Å². The Morgan fingerprint density at radius 2 is 1.85 bits per heavy atom. The monoisotopic (exact) mass is 276 g/mol. The van der Waals surface area contributed by atoms with Crippen molar-refractivity contribution in [1.29, 1.82) is 0 Å². The fourth-order valence-corrected chi connectivity index (χ4v) is 1.65. The summed E-state index contributed by atoms with van der Waals surface area (Å²) in [6, 6.07) is 9.28. The molecule has 6 nitrogen and oxygen atoms in total. The first kappa shape index (κ1) is 13.5. The maximum Gasteiger partial charge on any atom is 0.335 e. The Labute approximate surface area is 112 Å². The van der Waals surface area contributed by atoms with E-state index in [1.165, 1.54) is 36.4 Å². The van der Waals surface area contributed by atoms with Gasteiger partial charge in [-0.2, -0.15) is 4.39 Å². The maximum absolute atomic E-state index is 13.4. The molecule has 0 unspecified atom stereocenters. The number of halogens is 1. The molecule has 7 heteroatoms. The number of para-hydroxylation sites is 1. The summed E-state index contributed by atoms with van der Waals surface area (Å²) in [6.07, 6.45) is 0. The SMILES string of the molecule is O=C(O)c1ccc(Nc2cccc(F)c2[N+](=O)[O-])cc1. The molecule has 2 N–H and O–H groups in total. The van der Waals surface area contributed by atoms with Gasteiger partial charge in [-0.05, 0) is 36.4 Å². The quantitative estimate of drug-likeness (QED) is 0.660. The molecule has 2 aromatic carbocycles. The highest BCUT2D eigenvalue weighted by atomic mass is 19.1. The highest BCUT2D eigenvalue weighted by molar-refractivity contribution is 5.88. The van der Waals surface area contributed by atoms with Crippen molar-refractivity contribution in [2.45, 2.75) is 0 Å². The van der Waals surface area contributed by atoms with Crippen molar-refractivity contribution in [3.8, 4) is 0 Å². The van der Waals surface area contributed by atoms with Crippen molar-refractivity contribution in [1.82, 2.24) is 0 Å². The molecule has 0 fully saturated rings. The predicted octanol–water partition coefficient (Wildman–Crippen LogP) is 3.18. The first-order chi connectivity index (χ1) is 9.49. The van der Waals surface area contributed by atoms with Gasteiger partial charge < -0.3 is 10.4 Å². The molecule has 0 amide bonds. The van der Waals surface area contributed by atoms with Crippen LogP contribution in [-0.4, -0.2) is 16.0 Å². The molecule has 2 aromatic rings. The van der Waals surface area contributed by atoms with E-state index in [2.05, 4.69) is 5.32 Å². The smallest absolute Gasteiger partial charge is 0.335 e. The molecule has 0 aliphatic heterocycles. The molecule has 102 valence electrons. The van der Waals surface area contributed by atoms with Crippen LogP contribution in [0.2, 0.25) is 0 Å². The van der Waals surface area contributed by atoms with Gasteiger partial charge in [-0.1, -0.05) is 6.07 Å². The lowest BCUT2D eigenvalue weighted by Crippen LogP contribution is -2.00. The lowest BCUT2D eigenvalue weighted by Gasteiger charge is -2.07. The van der Waals surface area contributed by atoms with Crippen molar-refractivity contribution in [2.24, 2.45) is 0 Å². The summed E-state index contributed by atoms with van der Waals surface area (Å²) in [5.74, 6) is -2.02. The second-order valence-electron chi connectivity index (χ2n) is 3.90. The summed E-state index contributed by atoms with van der Waals surface area (Å²) in [7, 11) is 0. The van der Waals surface area contributed by atoms with E-state index in [4.69, 9.17) is 5.11 Å². The highest BCUT2D eigenvalue weighted by Crippen LogP contribution is 2.29. The number of nitro groups is 1. The molecular weight excluding hydrogens is 267 g/mol. The first-order valence-corrected chi connectivity index (χ1v) is 5.52. The Kier molecular flexibility index (Phi) is 3.60. The van der Waals surface area contributed by atoms with E-state index in [1.807, 2.05) is 0 Å².